The number of benzene rings is 1. The van der Waals surface area contributed by atoms with Gasteiger partial charge in [-0.3, -0.25) is 0 Å². The van der Waals surface area contributed by atoms with Crippen LogP contribution in [0.2, 0.25) is 0 Å². The summed E-state index contributed by atoms with van der Waals surface area (Å²) in [5, 5.41) is 12.2. The molecule has 0 aliphatic heterocycles. The molecule has 1 aromatic rings. The zero-order valence-corrected chi connectivity index (χ0v) is 10.4. The van der Waals surface area contributed by atoms with Crippen LogP contribution in [0.5, 0.6) is 0 Å². The van der Waals surface area contributed by atoms with Gasteiger partial charge in [0.15, 0.2) is 0 Å². The average molecular weight is 237 g/mol. The maximum atomic E-state index is 11.0. The highest BCUT2D eigenvalue weighted by Crippen LogP contribution is 2.20. The molecular formula is C12H19N3O2. The van der Waals surface area contributed by atoms with E-state index >= 15 is 0 Å². The van der Waals surface area contributed by atoms with Gasteiger partial charge in [0.2, 0.25) is 0 Å². The van der Waals surface area contributed by atoms with E-state index in [9.17, 15) is 4.79 Å². The van der Waals surface area contributed by atoms with Crippen LogP contribution in [0.15, 0.2) is 18.2 Å². The summed E-state index contributed by atoms with van der Waals surface area (Å²) in [7, 11) is 3.94. The number of carbonyl (C=O) groups is 1. The van der Waals surface area contributed by atoms with Crippen LogP contribution in [0.4, 0.5) is 11.4 Å². The van der Waals surface area contributed by atoms with Gasteiger partial charge < -0.3 is 21.1 Å². The van der Waals surface area contributed by atoms with E-state index in [4.69, 9.17) is 10.8 Å². The van der Waals surface area contributed by atoms with E-state index in [1.54, 1.807) is 12.1 Å². The topological polar surface area (TPSA) is 78.6 Å². The number of hydrogen-bond acceptors (Lipinski definition) is 4. The standard InChI is InChI=1S/C12H19N3O2/c1-8(7-15(2)3)14-11-6-9(13)4-5-10(11)12(16)17/h4-6,8,14H,7,13H2,1-3H3,(H,16,17). The molecule has 94 valence electrons. The molecule has 5 nitrogen and oxygen atoms in total. The maximum Gasteiger partial charge on any atom is 0.337 e. The summed E-state index contributed by atoms with van der Waals surface area (Å²) in [4.78, 5) is 13.1. The number of rotatable bonds is 5. The normalized spacial score (nSPS) is 12.5. The van der Waals surface area contributed by atoms with Crippen molar-refractivity contribution in [3.05, 3.63) is 23.8 Å². The molecule has 0 aromatic heterocycles. The van der Waals surface area contributed by atoms with E-state index in [0.29, 0.717) is 11.4 Å². The summed E-state index contributed by atoms with van der Waals surface area (Å²) >= 11 is 0. The van der Waals surface area contributed by atoms with Crippen molar-refractivity contribution in [1.29, 1.82) is 0 Å². The van der Waals surface area contributed by atoms with Gasteiger partial charge in [0.25, 0.3) is 0 Å². The Morgan fingerprint density at radius 1 is 1.53 bits per heavy atom. The Labute approximate surface area is 101 Å². The van der Waals surface area contributed by atoms with Crippen molar-refractivity contribution < 1.29 is 9.90 Å². The Morgan fingerprint density at radius 3 is 2.71 bits per heavy atom. The summed E-state index contributed by atoms with van der Waals surface area (Å²) in [5.41, 5.74) is 7.01. The maximum absolute atomic E-state index is 11.0. The predicted molar refractivity (Wildman–Crippen MR) is 69.5 cm³/mol. The van der Waals surface area contributed by atoms with Crippen molar-refractivity contribution in [2.75, 3.05) is 31.7 Å². The van der Waals surface area contributed by atoms with Crippen LogP contribution in [0, 0.1) is 0 Å². The minimum Gasteiger partial charge on any atom is -0.478 e. The second kappa shape index (κ2) is 5.54. The lowest BCUT2D eigenvalue weighted by Crippen LogP contribution is -2.30. The zero-order chi connectivity index (χ0) is 13.0. The molecule has 0 bridgehead atoms. The van der Waals surface area contributed by atoms with E-state index < -0.39 is 5.97 Å². The fourth-order valence-corrected chi connectivity index (χ4v) is 1.73. The van der Waals surface area contributed by atoms with Crippen molar-refractivity contribution in [2.24, 2.45) is 0 Å². The molecule has 5 heteroatoms. The molecule has 0 saturated heterocycles. The molecule has 0 radical (unpaired) electrons. The number of nitrogen functional groups attached to an aromatic ring is 1. The van der Waals surface area contributed by atoms with E-state index in [1.807, 2.05) is 25.9 Å². The lowest BCUT2D eigenvalue weighted by Gasteiger charge is -2.20. The number of aromatic carboxylic acids is 1. The molecule has 0 aliphatic rings. The smallest absolute Gasteiger partial charge is 0.337 e. The molecule has 0 spiro atoms. The van der Waals surface area contributed by atoms with Crippen LogP contribution < -0.4 is 11.1 Å². The zero-order valence-electron chi connectivity index (χ0n) is 10.4. The first kappa shape index (κ1) is 13.3. The van der Waals surface area contributed by atoms with Crippen LogP contribution in [-0.2, 0) is 0 Å². The SMILES string of the molecule is CC(CN(C)C)Nc1cc(N)ccc1C(=O)O. The van der Waals surface area contributed by atoms with Crippen molar-refractivity contribution >= 4 is 17.3 Å². The lowest BCUT2D eigenvalue weighted by atomic mass is 10.1. The van der Waals surface area contributed by atoms with Crippen LogP contribution in [0.1, 0.15) is 17.3 Å². The molecule has 1 atom stereocenters. The number of hydrogen-bond donors (Lipinski definition) is 3. The molecule has 0 amide bonds. The Hall–Kier alpha value is -1.75. The van der Waals surface area contributed by atoms with Gasteiger partial charge in [0.1, 0.15) is 0 Å². The number of nitrogens with two attached hydrogens (primary N) is 1. The Balaban J connectivity index is 2.88. The van der Waals surface area contributed by atoms with Gasteiger partial charge in [-0.2, -0.15) is 0 Å². The van der Waals surface area contributed by atoms with Gasteiger partial charge in [-0.25, -0.2) is 4.79 Å². The highest BCUT2D eigenvalue weighted by Gasteiger charge is 2.12. The molecule has 1 unspecified atom stereocenters. The monoisotopic (exact) mass is 237 g/mol. The second-order valence-electron chi connectivity index (χ2n) is 4.42. The second-order valence-corrected chi connectivity index (χ2v) is 4.42. The largest absolute Gasteiger partial charge is 0.478 e. The van der Waals surface area contributed by atoms with Crippen molar-refractivity contribution in [2.45, 2.75) is 13.0 Å². The first-order chi connectivity index (χ1) is 7.90. The molecule has 0 fully saturated rings. The Kier molecular flexibility index (Phi) is 4.34. The summed E-state index contributed by atoms with van der Waals surface area (Å²) < 4.78 is 0. The summed E-state index contributed by atoms with van der Waals surface area (Å²) in [6.07, 6.45) is 0. The number of carboxylic acids is 1. The first-order valence-electron chi connectivity index (χ1n) is 5.44. The molecule has 4 N–H and O–H groups in total. The molecular weight excluding hydrogens is 218 g/mol. The predicted octanol–water partition coefficient (Wildman–Crippen LogP) is 1.33. The lowest BCUT2D eigenvalue weighted by molar-refractivity contribution is 0.0698. The summed E-state index contributed by atoms with van der Waals surface area (Å²) in [5.74, 6) is -0.954. The van der Waals surface area contributed by atoms with Crippen LogP contribution in [0.25, 0.3) is 0 Å². The number of likely N-dealkylation sites (N-methyl/N-ethyl adjacent to an activating group) is 1. The number of anilines is 2. The van der Waals surface area contributed by atoms with E-state index in [1.165, 1.54) is 6.07 Å². The van der Waals surface area contributed by atoms with Crippen molar-refractivity contribution in [3.63, 3.8) is 0 Å². The minimum absolute atomic E-state index is 0.143. The minimum atomic E-state index is -0.954. The molecule has 1 aromatic carbocycles. The van der Waals surface area contributed by atoms with Crippen LogP contribution >= 0.6 is 0 Å². The quantitative estimate of drug-likeness (QED) is 0.673. The third kappa shape index (κ3) is 3.96. The molecule has 0 aliphatic carbocycles. The summed E-state index contributed by atoms with van der Waals surface area (Å²) in [6, 6.07) is 4.90. The molecule has 17 heavy (non-hydrogen) atoms. The molecule has 0 heterocycles. The van der Waals surface area contributed by atoms with E-state index in [0.717, 1.165) is 6.54 Å². The van der Waals surface area contributed by atoms with Gasteiger partial charge in [-0.1, -0.05) is 0 Å². The van der Waals surface area contributed by atoms with Crippen LogP contribution in [0.3, 0.4) is 0 Å². The highest BCUT2D eigenvalue weighted by atomic mass is 16.4. The summed E-state index contributed by atoms with van der Waals surface area (Å²) in [6.45, 7) is 2.81. The number of nitrogens with one attached hydrogen (secondary N) is 1. The fraction of sp³-hybridized carbons (Fsp3) is 0.417. The van der Waals surface area contributed by atoms with Gasteiger partial charge in [-0.05, 0) is 39.2 Å². The third-order valence-electron chi connectivity index (χ3n) is 2.31. The number of carboxylic acid groups (broad SMARTS) is 1. The van der Waals surface area contributed by atoms with E-state index in [2.05, 4.69) is 5.32 Å². The van der Waals surface area contributed by atoms with Gasteiger partial charge in [-0.15, -0.1) is 0 Å². The molecule has 0 saturated carbocycles. The molecule has 1 rings (SSSR count). The Morgan fingerprint density at radius 2 is 2.18 bits per heavy atom. The van der Waals surface area contributed by atoms with Gasteiger partial charge in [0, 0.05) is 18.3 Å². The first-order valence-corrected chi connectivity index (χ1v) is 5.44. The average Bonchev–Trinajstić information content (AvgIpc) is 2.15. The van der Waals surface area contributed by atoms with E-state index in [-0.39, 0.29) is 11.6 Å². The van der Waals surface area contributed by atoms with Gasteiger partial charge in [0.05, 0.1) is 11.3 Å². The van der Waals surface area contributed by atoms with Crippen LogP contribution in [-0.4, -0.2) is 42.7 Å². The Bertz CT molecular complexity index is 405. The third-order valence-corrected chi connectivity index (χ3v) is 2.31. The van der Waals surface area contributed by atoms with Crippen molar-refractivity contribution in [1.82, 2.24) is 4.90 Å². The highest BCUT2D eigenvalue weighted by molar-refractivity contribution is 5.95. The van der Waals surface area contributed by atoms with Crippen molar-refractivity contribution in [3.8, 4) is 0 Å². The number of nitrogens with zero attached hydrogens (tertiary/aromatic N) is 1. The van der Waals surface area contributed by atoms with Gasteiger partial charge >= 0.3 is 5.97 Å². The fourth-order valence-electron chi connectivity index (χ4n) is 1.73.